The number of aliphatic hydroxyl groups excluding tert-OH is 1. The fourth-order valence-electron chi connectivity index (χ4n) is 1.63. The van der Waals surface area contributed by atoms with E-state index in [1.807, 2.05) is 0 Å². The van der Waals surface area contributed by atoms with Gasteiger partial charge in [0.15, 0.2) is 0 Å². The number of hydrogen-bond donors (Lipinski definition) is 3. The van der Waals surface area contributed by atoms with Crippen LogP contribution in [0.2, 0.25) is 0 Å². The zero-order chi connectivity index (χ0) is 13.7. The fourth-order valence-corrected chi connectivity index (χ4v) is 1.63. The van der Waals surface area contributed by atoms with Crippen molar-refractivity contribution in [3.05, 3.63) is 27.4 Å². The third kappa shape index (κ3) is 4.29. The van der Waals surface area contributed by atoms with Gasteiger partial charge in [-0.2, -0.15) is 0 Å². The standard InChI is InChI=1S/C12H19N3O3/c1-7(16)6-13-11(17)5-4-10-8(2)14-9(3)15-12(10)18/h7,16H,4-6H2,1-3H3,(H,13,17)(H,14,15,18)/t7-/m1/s1. The second-order valence-corrected chi connectivity index (χ2v) is 4.37. The summed E-state index contributed by atoms with van der Waals surface area (Å²) in [6.45, 7) is 5.29. The van der Waals surface area contributed by atoms with E-state index < -0.39 is 6.10 Å². The van der Waals surface area contributed by atoms with E-state index in [-0.39, 0.29) is 24.4 Å². The van der Waals surface area contributed by atoms with Gasteiger partial charge in [0.1, 0.15) is 5.82 Å². The Morgan fingerprint density at radius 2 is 2.17 bits per heavy atom. The molecule has 18 heavy (non-hydrogen) atoms. The van der Waals surface area contributed by atoms with Crippen molar-refractivity contribution < 1.29 is 9.90 Å². The van der Waals surface area contributed by atoms with Crippen molar-refractivity contribution in [1.29, 1.82) is 0 Å². The van der Waals surface area contributed by atoms with Gasteiger partial charge in [0.25, 0.3) is 5.56 Å². The van der Waals surface area contributed by atoms with Crippen molar-refractivity contribution >= 4 is 5.91 Å². The van der Waals surface area contributed by atoms with Gasteiger partial charge in [-0.15, -0.1) is 0 Å². The van der Waals surface area contributed by atoms with Crippen LogP contribution in [0, 0.1) is 13.8 Å². The number of carbonyl (C=O) groups excluding carboxylic acids is 1. The van der Waals surface area contributed by atoms with Crippen LogP contribution in [0.25, 0.3) is 0 Å². The van der Waals surface area contributed by atoms with Gasteiger partial charge in [-0.3, -0.25) is 9.59 Å². The number of H-pyrrole nitrogens is 1. The van der Waals surface area contributed by atoms with Gasteiger partial charge >= 0.3 is 0 Å². The van der Waals surface area contributed by atoms with Crippen molar-refractivity contribution in [1.82, 2.24) is 15.3 Å². The molecule has 0 aromatic carbocycles. The summed E-state index contributed by atoms with van der Waals surface area (Å²) >= 11 is 0. The molecule has 0 unspecified atom stereocenters. The summed E-state index contributed by atoms with van der Waals surface area (Å²) in [5, 5.41) is 11.6. The van der Waals surface area contributed by atoms with Crippen LogP contribution in [0.5, 0.6) is 0 Å². The second kappa shape index (κ2) is 6.30. The Kier molecular flexibility index (Phi) is 5.03. The predicted octanol–water partition coefficient (Wildman–Crippen LogP) is -0.184. The summed E-state index contributed by atoms with van der Waals surface area (Å²) < 4.78 is 0. The Morgan fingerprint density at radius 1 is 1.50 bits per heavy atom. The van der Waals surface area contributed by atoms with E-state index in [1.165, 1.54) is 0 Å². The van der Waals surface area contributed by atoms with Crippen molar-refractivity contribution in [2.75, 3.05) is 6.54 Å². The normalized spacial score (nSPS) is 12.2. The van der Waals surface area contributed by atoms with E-state index in [4.69, 9.17) is 5.11 Å². The summed E-state index contributed by atoms with van der Waals surface area (Å²) in [6.07, 6.45) is -0.0123. The molecular formula is C12H19N3O3. The zero-order valence-corrected chi connectivity index (χ0v) is 10.9. The van der Waals surface area contributed by atoms with Gasteiger partial charge in [-0.05, 0) is 27.2 Å². The van der Waals surface area contributed by atoms with Gasteiger partial charge in [-0.1, -0.05) is 0 Å². The highest BCUT2D eigenvalue weighted by atomic mass is 16.3. The molecule has 1 atom stereocenters. The van der Waals surface area contributed by atoms with Crippen molar-refractivity contribution in [2.24, 2.45) is 0 Å². The summed E-state index contributed by atoms with van der Waals surface area (Å²) in [5.41, 5.74) is 0.996. The lowest BCUT2D eigenvalue weighted by molar-refractivity contribution is -0.121. The highest BCUT2D eigenvalue weighted by Crippen LogP contribution is 2.02. The Labute approximate surface area is 105 Å². The van der Waals surface area contributed by atoms with Gasteiger partial charge in [0.05, 0.1) is 6.10 Å². The van der Waals surface area contributed by atoms with Crippen molar-refractivity contribution in [3.63, 3.8) is 0 Å². The smallest absolute Gasteiger partial charge is 0.254 e. The minimum absolute atomic E-state index is 0.185. The third-order valence-electron chi connectivity index (χ3n) is 2.54. The molecule has 0 spiro atoms. The number of aliphatic hydroxyl groups is 1. The van der Waals surface area contributed by atoms with E-state index in [2.05, 4.69) is 15.3 Å². The van der Waals surface area contributed by atoms with Crippen LogP contribution in [0.15, 0.2) is 4.79 Å². The molecule has 0 saturated heterocycles. The zero-order valence-electron chi connectivity index (χ0n) is 10.9. The Hall–Kier alpha value is -1.69. The summed E-state index contributed by atoms with van der Waals surface area (Å²) in [6, 6.07) is 0. The Morgan fingerprint density at radius 3 is 2.72 bits per heavy atom. The number of amides is 1. The molecule has 0 aliphatic rings. The van der Waals surface area contributed by atoms with E-state index in [0.29, 0.717) is 23.5 Å². The van der Waals surface area contributed by atoms with E-state index in [0.717, 1.165) is 0 Å². The third-order valence-corrected chi connectivity index (χ3v) is 2.54. The molecule has 0 radical (unpaired) electrons. The minimum atomic E-state index is -0.569. The number of aryl methyl sites for hydroxylation is 2. The Balaban J connectivity index is 2.59. The van der Waals surface area contributed by atoms with Crippen molar-refractivity contribution in [3.8, 4) is 0 Å². The molecule has 6 nitrogen and oxygen atoms in total. The average Bonchev–Trinajstić information content (AvgIpc) is 2.24. The second-order valence-electron chi connectivity index (χ2n) is 4.37. The predicted molar refractivity (Wildman–Crippen MR) is 67.3 cm³/mol. The lowest BCUT2D eigenvalue weighted by Gasteiger charge is -2.08. The topological polar surface area (TPSA) is 95.1 Å². The fraction of sp³-hybridized carbons (Fsp3) is 0.583. The molecule has 0 bridgehead atoms. The number of aromatic amines is 1. The first kappa shape index (κ1) is 14.4. The summed E-state index contributed by atoms with van der Waals surface area (Å²) in [5.74, 6) is 0.384. The van der Waals surface area contributed by atoms with Crippen LogP contribution < -0.4 is 10.9 Å². The lowest BCUT2D eigenvalue weighted by Crippen LogP contribution is -2.31. The van der Waals surface area contributed by atoms with Crippen LogP contribution in [0.4, 0.5) is 0 Å². The Bertz CT molecular complexity index is 480. The van der Waals surface area contributed by atoms with Crippen LogP contribution in [-0.4, -0.2) is 33.6 Å². The minimum Gasteiger partial charge on any atom is -0.392 e. The monoisotopic (exact) mass is 253 g/mol. The van der Waals surface area contributed by atoms with Gasteiger partial charge in [-0.25, -0.2) is 4.98 Å². The number of rotatable bonds is 5. The highest BCUT2D eigenvalue weighted by molar-refractivity contribution is 5.76. The maximum atomic E-state index is 11.7. The number of nitrogens with zero attached hydrogens (tertiary/aromatic N) is 1. The molecule has 0 saturated carbocycles. The first-order chi connectivity index (χ1) is 8.40. The quantitative estimate of drug-likeness (QED) is 0.678. The molecule has 1 aromatic rings. The molecule has 100 valence electrons. The maximum Gasteiger partial charge on any atom is 0.254 e. The molecule has 0 fully saturated rings. The summed E-state index contributed by atoms with van der Waals surface area (Å²) in [4.78, 5) is 29.9. The lowest BCUT2D eigenvalue weighted by atomic mass is 10.1. The molecule has 6 heteroatoms. The maximum absolute atomic E-state index is 11.7. The van der Waals surface area contributed by atoms with Crippen LogP contribution in [0.3, 0.4) is 0 Å². The number of nitrogens with one attached hydrogen (secondary N) is 2. The molecule has 1 heterocycles. The van der Waals surface area contributed by atoms with Gasteiger partial charge < -0.3 is 15.4 Å². The first-order valence-electron chi connectivity index (χ1n) is 5.91. The number of hydrogen-bond acceptors (Lipinski definition) is 4. The van der Waals surface area contributed by atoms with Crippen LogP contribution in [0.1, 0.15) is 30.4 Å². The molecule has 3 N–H and O–H groups in total. The van der Waals surface area contributed by atoms with Crippen LogP contribution >= 0.6 is 0 Å². The average molecular weight is 253 g/mol. The van der Waals surface area contributed by atoms with Gasteiger partial charge in [0.2, 0.25) is 5.91 Å². The van der Waals surface area contributed by atoms with Crippen molar-refractivity contribution in [2.45, 2.75) is 39.7 Å². The van der Waals surface area contributed by atoms with Gasteiger partial charge in [0, 0.05) is 24.2 Å². The molecule has 0 aliphatic carbocycles. The number of aromatic nitrogens is 2. The largest absolute Gasteiger partial charge is 0.392 e. The highest BCUT2D eigenvalue weighted by Gasteiger charge is 2.09. The van der Waals surface area contributed by atoms with Crippen LogP contribution in [-0.2, 0) is 11.2 Å². The molecule has 1 amide bonds. The molecular weight excluding hydrogens is 234 g/mol. The summed E-state index contributed by atoms with van der Waals surface area (Å²) in [7, 11) is 0. The first-order valence-corrected chi connectivity index (χ1v) is 5.91. The molecule has 1 aromatic heterocycles. The number of carbonyl (C=O) groups is 1. The van der Waals surface area contributed by atoms with E-state index in [9.17, 15) is 9.59 Å². The molecule has 1 rings (SSSR count). The molecule has 0 aliphatic heterocycles. The SMILES string of the molecule is Cc1nc(C)c(CCC(=O)NC[C@@H](C)O)c(=O)[nH]1. The van der Waals surface area contributed by atoms with E-state index in [1.54, 1.807) is 20.8 Å². The van der Waals surface area contributed by atoms with E-state index >= 15 is 0 Å².